The molecule has 0 aliphatic rings. The fourth-order valence-corrected chi connectivity index (χ4v) is 0.791. The number of aliphatic hydroxyl groups excluding tert-OH is 1. The minimum absolute atomic E-state index is 0.205. The van der Waals surface area contributed by atoms with Gasteiger partial charge >= 0.3 is 11.9 Å². The van der Waals surface area contributed by atoms with Crippen molar-refractivity contribution in [3.05, 3.63) is 12.2 Å². The molecule has 1 N–H and O–H groups in total. The van der Waals surface area contributed by atoms with Gasteiger partial charge in [-0.05, 0) is 0 Å². The van der Waals surface area contributed by atoms with Crippen LogP contribution in [0, 0.1) is 0 Å². The summed E-state index contributed by atoms with van der Waals surface area (Å²) < 4.78 is 8.93. The third-order valence-corrected chi connectivity index (χ3v) is 1.57. The lowest BCUT2D eigenvalue weighted by Crippen LogP contribution is -2.21. The predicted octanol–water partition coefficient (Wildman–Crippen LogP) is 0.249. The van der Waals surface area contributed by atoms with Gasteiger partial charge in [0.1, 0.15) is 6.61 Å². The van der Waals surface area contributed by atoms with Crippen molar-refractivity contribution in [3.8, 4) is 0 Å². The Bertz CT molecular complexity index is 239. The molecule has 0 aromatic carbocycles. The smallest absolute Gasteiger partial charge is 0.330 e. The molecule has 86 valence electrons. The van der Waals surface area contributed by atoms with E-state index in [2.05, 4.69) is 9.47 Å². The number of rotatable bonds is 6. The van der Waals surface area contributed by atoms with E-state index < -0.39 is 18.0 Å². The van der Waals surface area contributed by atoms with E-state index in [4.69, 9.17) is 11.6 Å². The monoisotopic (exact) mass is 236 g/mol. The minimum atomic E-state index is -1.05. The average molecular weight is 237 g/mol. The van der Waals surface area contributed by atoms with Gasteiger partial charge in [0, 0.05) is 12.0 Å². The van der Waals surface area contributed by atoms with Crippen molar-refractivity contribution >= 4 is 23.5 Å². The Hall–Kier alpha value is -1.07. The quantitative estimate of drug-likeness (QED) is 0.407. The first-order valence-electron chi connectivity index (χ1n) is 4.24. The zero-order valence-electron chi connectivity index (χ0n) is 8.31. The van der Waals surface area contributed by atoms with Crippen molar-refractivity contribution in [2.24, 2.45) is 0 Å². The molecule has 6 heteroatoms. The zero-order valence-corrected chi connectivity index (χ0v) is 9.07. The number of halogens is 1. The molecule has 0 fully saturated rings. The Morgan fingerprint density at radius 3 is 2.73 bits per heavy atom. The summed E-state index contributed by atoms with van der Waals surface area (Å²) in [6.45, 7) is -0.249. The van der Waals surface area contributed by atoms with Crippen molar-refractivity contribution in [3.63, 3.8) is 0 Å². The Morgan fingerprint density at radius 1 is 1.53 bits per heavy atom. The Balaban J connectivity index is 3.70. The first-order valence-corrected chi connectivity index (χ1v) is 4.77. The van der Waals surface area contributed by atoms with Gasteiger partial charge < -0.3 is 14.6 Å². The summed E-state index contributed by atoms with van der Waals surface area (Å²) in [5.41, 5.74) is 0. The van der Waals surface area contributed by atoms with E-state index in [1.807, 2.05) is 0 Å². The number of ether oxygens (including phenoxy) is 2. The molecule has 5 nitrogen and oxygen atoms in total. The SMILES string of the molecule is COC(=O)CC(O)COC(=O)/C=C/CCl. The van der Waals surface area contributed by atoms with Crippen LogP contribution in [0.2, 0.25) is 0 Å². The van der Waals surface area contributed by atoms with Gasteiger partial charge in [-0.25, -0.2) is 4.79 Å². The highest BCUT2D eigenvalue weighted by Gasteiger charge is 2.12. The summed E-state index contributed by atoms with van der Waals surface area (Å²) >= 11 is 5.29. The van der Waals surface area contributed by atoms with Crippen LogP contribution in [0.3, 0.4) is 0 Å². The lowest BCUT2D eigenvalue weighted by atomic mass is 10.3. The molecule has 0 spiro atoms. The van der Waals surface area contributed by atoms with Gasteiger partial charge in [0.05, 0.1) is 19.6 Å². The molecule has 0 rings (SSSR count). The number of carbonyl (C=O) groups excluding carboxylic acids is 2. The standard InChI is InChI=1S/C9H13ClO5/c1-14-9(13)5-7(11)6-15-8(12)3-2-4-10/h2-3,7,11H,4-6H2,1H3/b3-2+. The van der Waals surface area contributed by atoms with Crippen LogP contribution in [0.1, 0.15) is 6.42 Å². The summed E-state index contributed by atoms with van der Waals surface area (Å²) in [5.74, 6) is -0.964. The summed E-state index contributed by atoms with van der Waals surface area (Å²) in [6.07, 6.45) is 1.31. The number of hydrogen-bond donors (Lipinski definition) is 1. The molecule has 1 unspecified atom stereocenters. The topological polar surface area (TPSA) is 72.8 Å². The normalized spacial score (nSPS) is 12.5. The molecule has 0 heterocycles. The number of methoxy groups -OCH3 is 1. The summed E-state index contributed by atoms with van der Waals surface area (Å²) in [6, 6.07) is 0. The van der Waals surface area contributed by atoms with Crippen LogP contribution in [0.25, 0.3) is 0 Å². The number of hydrogen-bond acceptors (Lipinski definition) is 5. The molecule has 0 amide bonds. The van der Waals surface area contributed by atoms with Gasteiger partial charge in [-0.15, -0.1) is 11.6 Å². The lowest BCUT2D eigenvalue weighted by molar-refractivity contribution is -0.148. The molecule has 0 bridgehead atoms. The maximum Gasteiger partial charge on any atom is 0.330 e. The maximum absolute atomic E-state index is 10.9. The summed E-state index contributed by atoms with van der Waals surface area (Å²) in [5, 5.41) is 9.20. The van der Waals surface area contributed by atoms with Crippen molar-refractivity contribution in [2.45, 2.75) is 12.5 Å². The molecule has 0 aromatic heterocycles. The molecular weight excluding hydrogens is 224 g/mol. The molecular formula is C9H13ClO5. The second-order valence-corrected chi connectivity index (χ2v) is 2.93. The van der Waals surface area contributed by atoms with Gasteiger partial charge in [-0.3, -0.25) is 4.79 Å². The van der Waals surface area contributed by atoms with Crippen LogP contribution in [0.5, 0.6) is 0 Å². The molecule has 1 atom stereocenters. The number of alkyl halides is 1. The molecule has 0 radical (unpaired) electrons. The minimum Gasteiger partial charge on any atom is -0.469 e. The van der Waals surface area contributed by atoms with Gasteiger partial charge in [0.15, 0.2) is 0 Å². The molecule has 0 saturated carbocycles. The van der Waals surface area contributed by atoms with Crippen molar-refractivity contribution in [2.75, 3.05) is 19.6 Å². The first kappa shape index (κ1) is 13.9. The highest BCUT2D eigenvalue weighted by molar-refractivity contribution is 6.19. The van der Waals surface area contributed by atoms with Crippen LogP contribution in [-0.2, 0) is 19.1 Å². The number of esters is 2. The third-order valence-electron chi connectivity index (χ3n) is 1.39. The fraction of sp³-hybridized carbons (Fsp3) is 0.556. The van der Waals surface area contributed by atoms with Gasteiger partial charge in [0.2, 0.25) is 0 Å². The zero-order chi connectivity index (χ0) is 11.7. The van der Waals surface area contributed by atoms with E-state index in [0.29, 0.717) is 0 Å². The predicted molar refractivity (Wildman–Crippen MR) is 53.5 cm³/mol. The van der Waals surface area contributed by atoms with E-state index in [1.54, 1.807) is 0 Å². The summed E-state index contributed by atoms with van der Waals surface area (Å²) in [4.78, 5) is 21.6. The van der Waals surface area contributed by atoms with Gasteiger partial charge in [-0.1, -0.05) is 6.08 Å². The van der Waals surface area contributed by atoms with E-state index in [-0.39, 0.29) is 18.9 Å². The Morgan fingerprint density at radius 2 is 2.20 bits per heavy atom. The second kappa shape index (κ2) is 8.26. The number of aliphatic hydroxyl groups is 1. The highest BCUT2D eigenvalue weighted by Crippen LogP contribution is 1.96. The summed E-state index contributed by atoms with van der Waals surface area (Å²) in [7, 11) is 1.21. The molecule has 0 aromatic rings. The van der Waals surface area contributed by atoms with Crippen molar-refractivity contribution in [1.82, 2.24) is 0 Å². The fourth-order valence-electron chi connectivity index (χ4n) is 0.702. The first-order chi connectivity index (χ1) is 7.10. The molecule has 0 aliphatic carbocycles. The molecule has 15 heavy (non-hydrogen) atoms. The van der Waals surface area contributed by atoms with Crippen LogP contribution >= 0.6 is 11.6 Å². The lowest BCUT2D eigenvalue weighted by Gasteiger charge is -2.08. The highest BCUT2D eigenvalue weighted by atomic mass is 35.5. The van der Waals surface area contributed by atoms with Gasteiger partial charge in [-0.2, -0.15) is 0 Å². The maximum atomic E-state index is 10.9. The number of allylic oxidation sites excluding steroid dienone is 1. The van der Waals surface area contributed by atoms with Crippen LogP contribution in [0.15, 0.2) is 12.2 Å². The van der Waals surface area contributed by atoms with Crippen LogP contribution in [0.4, 0.5) is 0 Å². The molecule has 0 saturated heterocycles. The number of carbonyl (C=O) groups is 2. The largest absolute Gasteiger partial charge is 0.469 e. The van der Waals surface area contributed by atoms with E-state index in [0.717, 1.165) is 6.08 Å². The van der Waals surface area contributed by atoms with E-state index in [9.17, 15) is 14.7 Å². The van der Waals surface area contributed by atoms with E-state index >= 15 is 0 Å². The Kier molecular flexibility index (Phi) is 7.67. The van der Waals surface area contributed by atoms with Crippen LogP contribution in [-0.4, -0.2) is 42.7 Å². The average Bonchev–Trinajstić information content (AvgIpc) is 2.23. The Labute approximate surface area is 92.6 Å². The van der Waals surface area contributed by atoms with Crippen LogP contribution < -0.4 is 0 Å². The third kappa shape index (κ3) is 7.96. The van der Waals surface area contributed by atoms with Crippen molar-refractivity contribution < 1.29 is 24.2 Å². The molecule has 0 aliphatic heterocycles. The van der Waals surface area contributed by atoms with Gasteiger partial charge in [0.25, 0.3) is 0 Å². The second-order valence-electron chi connectivity index (χ2n) is 2.62. The van der Waals surface area contributed by atoms with Crippen molar-refractivity contribution in [1.29, 1.82) is 0 Å². The van der Waals surface area contributed by atoms with E-state index in [1.165, 1.54) is 13.2 Å².